The zero-order valence-corrected chi connectivity index (χ0v) is 17.0. The van der Waals surface area contributed by atoms with Gasteiger partial charge in [0.05, 0.1) is 5.56 Å². The van der Waals surface area contributed by atoms with Gasteiger partial charge in [-0.15, -0.1) is 0 Å². The number of anilines is 2. The minimum atomic E-state index is -0.502. The van der Waals surface area contributed by atoms with Crippen LogP contribution in [0.3, 0.4) is 0 Å². The predicted molar refractivity (Wildman–Crippen MR) is 112 cm³/mol. The number of allylic oxidation sites excluding steroid dienone is 1. The van der Waals surface area contributed by atoms with E-state index in [1.165, 1.54) is 5.56 Å². The molecule has 2 aromatic rings. The summed E-state index contributed by atoms with van der Waals surface area (Å²) in [5.74, 6) is -0.738. The summed E-state index contributed by atoms with van der Waals surface area (Å²) in [6.07, 6.45) is 1.59. The highest BCUT2D eigenvalue weighted by Gasteiger charge is 2.38. The van der Waals surface area contributed by atoms with Crippen molar-refractivity contribution in [2.24, 2.45) is 0 Å². The fraction of sp³-hybridized carbons (Fsp3) is 0.304. The average molecular weight is 378 g/mol. The number of likely N-dealkylation sites (N-methyl/N-ethyl adjacent to an activating group) is 1. The molecule has 0 aliphatic carbocycles. The van der Waals surface area contributed by atoms with Gasteiger partial charge in [-0.05, 0) is 29.8 Å². The molecular formula is C23H26N2O3. The zero-order valence-electron chi connectivity index (χ0n) is 17.0. The van der Waals surface area contributed by atoms with E-state index < -0.39 is 5.97 Å². The third-order valence-electron chi connectivity index (χ3n) is 5.18. The van der Waals surface area contributed by atoms with E-state index in [0.29, 0.717) is 5.56 Å². The molecule has 5 nitrogen and oxygen atoms in total. The van der Waals surface area contributed by atoms with Gasteiger partial charge in [0.2, 0.25) is 0 Å². The lowest BCUT2D eigenvalue weighted by Gasteiger charge is -2.23. The molecule has 0 N–H and O–H groups in total. The number of fused-ring (bicyclic) bond motifs is 1. The van der Waals surface area contributed by atoms with E-state index in [9.17, 15) is 9.59 Å². The third kappa shape index (κ3) is 3.65. The van der Waals surface area contributed by atoms with Crippen molar-refractivity contribution < 1.29 is 14.3 Å². The second-order valence-electron chi connectivity index (χ2n) is 7.72. The Labute approximate surface area is 166 Å². The monoisotopic (exact) mass is 378 g/mol. The number of benzene rings is 2. The number of rotatable bonds is 5. The number of nitrogens with zero attached hydrogens (tertiary/aromatic N) is 2. The molecule has 3 rings (SSSR count). The van der Waals surface area contributed by atoms with E-state index in [1.807, 2.05) is 55.2 Å². The lowest BCUT2D eigenvalue weighted by Crippen LogP contribution is -2.25. The van der Waals surface area contributed by atoms with Crippen molar-refractivity contribution in [2.45, 2.75) is 19.3 Å². The number of para-hydroxylation sites is 1. The van der Waals surface area contributed by atoms with E-state index >= 15 is 0 Å². The molecule has 0 amide bonds. The van der Waals surface area contributed by atoms with Crippen molar-refractivity contribution in [1.29, 1.82) is 0 Å². The highest BCUT2D eigenvalue weighted by atomic mass is 16.5. The minimum absolute atomic E-state index is 0.236. The standard InChI is InChI=1S/C23H26N2O3/c1-23(2)19-11-6-7-12-20(19)25(5)21(23)14-18(26)15-28-22(27)16-9-8-10-17(13-16)24(3)4/h6-14H,15H2,1-5H3. The Morgan fingerprint density at radius 2 is 1.82 bits per heavy atom. The molecule has 0 saturated heterocycles. The largest absolute Gasteiger partial charge is 0.454 e. The van der Waals surface area contributed by atoms with Crippen molar-refractivity contribution in [3.05, 3.63) is 71.4 Å². The maximum absolute atomic E-state index is 12.5. The quantitative estimate of drug-likeness (QED) is 0.585. The number of esters is 1. The molecule has 5 heteroatoms. The normalized spacial score (nSPS) is 16.0. The fourth-order valence-electron chi connectivity index (χ4n) is 3.58. The van der Waals surface area contributed by atoms with Crippen LogP contribution in [-0.2, 0) is 14.9 Å². The van der Waals surface area contributed by atoms with E-state index in [1.54, 1.807) is 24.3 Å². The molecule has 0 saturated carbocycles. The molecule has 0 aromatic heterocycles. The maximum Gasteiger partial charge on any atom is 0.338 e. The van der Waals surface area contributed by atoms with E-state index in [0.717, 1.165) is 17.1 Å². The molecule has 0 bridgehead atoms. The predicted octanol–water partition coefficient (Wildman–Crippen LogP) is 3.79. The third-order valence-corrected chi connectivity index (χ3v) is 5.18. The van der Waals surface area contributed by atoms with E-state index in [-0.39, 0.29) is 17.8 Å². The average Bonchev–Trinajstić information content (AvgIpc) is 2.87. The van der Waals surface area contributed by atoms with Gasteiger partial charge in [0.15, 0.2) is 12.4 Å². The highest BCUT2D eigenvalue weighted by molar-refractivity contribution is 5.97. The first-order chi connectivity index (χ1) is 13.2. The van der Waals surface area contributed by atoms with Gasteiger partial charge in [-0.3, -0.25) is 4.79 Å². The molecule has 1 heterocycles. The topological polar surface area (TPSA) is 49.9 Å². The maximum atomic E-state index is 12.5. The van der Waals surface area contributed by atoms with Crippen LogP contribution in [0.1, 0.15) is 29.8 Å². The first kappa shape index (κ1) is 19.7. The summed E-state index contributed by atoms with van der Waals surface area (Å²) >= 11 is 0. The van der Waals surface area contributed by atoms with Gasteiger partial charge in [-0.25, -0.2) is 4.79 Å². The molecule has 146 valence electrons. The van der Waals surface area contributed by atoms with Crippen LogP contribution >= 0.6 is 0 Å². The number of carbonyl (C=O) groups is 2. The molecule has 28 heavy (non-hydrogen) atoms. The summed E-state index contributed by atoms with van der Waals surface area (Å²) in [6, 6.07) is 15.2. The van der Waals surface area contributed by atoms with Gasteiger partial charge in [0.1, 0.15) is 0 Å². The number of hydrogen-bond acceptors (Lipinski definition) is 5. The van der Waals surface area contributed by atoms with Gasteiger partial charge in [-0.2, -0.15) is 0 Å². The Morgan fingerprint density at radius 1 is 1.11 bits per heavy atom. The molecular weight excluding hydrogens is 352 g/mol. The summed E-state index contributed by atoms with van der Waals surface area (Å²) in [4.78, 5) is 28.7. The first-order valence-electron chi connectivity index (χ1n) is 9.24. The molecule has 0 fully saturated rings. The Morgan fingerprint density at radius 3 is 2.50 bits per heavy atom. The number of ether oxygens (including phenoxy) is 1. The van der Waals surface area contributed by atoms with Gasteiger partial charge in [-0.1, -0.05) is 38.1 Å². The SMILES string of the molecule is CN(C)c1cccc(C(=O)OCC(=O)C=C2N(C)c3ccccc3C2(C)C)c1. The van der Waals surface area contributed by atoms with Crippen molar-refractivity contribution >= 4 is 23.1 Å². The highest BCUT2D eigenvalue weighted by Crippen LogP contribution is 2.46. The van der Waals surface area contributed by atoms with Crippen LogP contribution in [0, 0.1) is 0 Å². The Hall–Kier alpha value is -3.08. The number of carbonyl (C=O) groups excluding carboxylic acids is 2. The van der Waals surface area contributed by atoms with Crippen LogP contribution in [0.2, 0.25) is 0 Å². The van der Waals surface area contributed by atoms with Crippen LogP contribution < -0.4 is 9.80 Å². The van der Waals surface area contributed by atoms with Crippen LogP contribution in [0.15, 0.2) is 60.3 Å². The number of hydrogen-bond donors (Lipinski definition) is 0. The zero-order chi connectivity index (χ0) is 20.5. The van der Waals surface area contributed by atoms with Gasteiger partial charge >= 0.3 is 5.97 Å². The minimum Gasteiger partial charge on any atom is -0.454 e. The summed E-state index contributed by atoms with van der Waals surface area (Å²) < 4.78 is 5.25. The summed E-state index contributed by atoms with van der Waals surface area (Å²) in [5, 5.41) is 0. The van der Waals surface area contributed by atoms with Crippen LogP contribution in [0.5, 0.6) is 0 Å². The van der Waals surface area contributed by atoms with Gasteiger partial charge < -0.3 is 14.5 Å². The van der Waals surface area contributed by atoms with Crippen molar-refractivity contribution in [3.63, 3.8) is 0 Å². The van der Waals surface area contributed by atoms with Gasteiger partial charge in [0, 0.05) is 49.7 Å². The van der Waals surface area contributed by atoms with E-state index in [2.05, 4.69) is 19.9 Å². The van der Waals surface area contributed by atoms with E-state index in [4.69, 9.17) is 4.74 Å². The molecule has 0 radical (unpaired) electrons. The number of ketones is 1. The summed E-state index contributed by atoms with van der Waals surface area (Å²) in [5.41, 5.74) is 4.19. The van der Waals surface area contributed by atoms with Crippen LogP contribution in [0.4, 0.5) is 11.4 Å². The molecule has 2 aromatic carbocycles. The Kier molecular flexibility index (Phi) is 5.27. The summed E-state index contributed by atoms with van der Waals surface area (Å²) in [6.45, 7) is 3.90. The van der Waals surface area contributed by atoms with Crippen molar-refractivity contribution in [2.75, 3.05) is 37.5 Å². The summed E-state index contributed by atoms with van der Waals surface area (Å²) in [7, 11) is 5.75. The molecule has 0 unspecified atom stereocenters. The smallest absolute Gasteiger partial charge is 0.338 e. The Balaban J connectivity index is 1.71. The molecule has 0 atom stereocenters. The fourth-order valence-corrected chi connectivity index (χ4v) is 3.58. The lowest BCUT2D eigenvalue weighted by atomic mass is 9.83. The second-order valence-corrected chi connectivity index (χ2v) is 7.72. The van der Waals surface area contributed by atoms with Crippen molar-refractivity contribution in [3.8, 4) is 0 Å². The molecule has 0 spiro atoms. The molecule has 1 aliphatic rings. The Bertz CT molecular complexity index is 944. The van der Waals surface area contributed by atoms with Crippen LogP contribution in [0.25, 0.3) is 0 Å². The van der Waals surface area contributed by atoms with Crippen molar-refractivity contribution in [1.82, 2.24) is 0 Å². The second kappa shape index (κ2) is 7.50. The first-order valence-corrected chi connectivity index (χ1v) is 9.24. The lowest BCUT2D eigenvalue weighted by molar-refractivity contribution is -0.117. The molecule has 1 aliphatic heterocycles. The van der Waals surface area contributed by atoms with Crippen LogP contribution in [-0.4, -0.2) is 39.5 Å². The van der Waals surface area contributed by atoms with Gasteiger partial charge in [0.25, 0.3) is 0 Å².